The van der Waals surface area contributed by atoms with Gasteiger partial charge in [0.2, 0.25) is 5.91 Å². The van der Waals surface area contributed by atoms with Crippen LogP contribution in [0.1, 0.15) is 17.0 Å². The van der Waals surface area contributed by atoms with Crippen molar-refractivity contribution in [2.45, 2.75) is 26.9 Å². The molecule has 1 fully saturated rings. The van der Waals surface area contributed by atoms with Crippen LogP contribution in [0.3, 0.4) is 0 Å². The third-order valence-corrected chi connectivity index (χ3v) is 5.69. The first-order chi connectivity index (χ1) is 13.3. The maximum Gasteiger partial charge on any atom is 0.312 e. The minimum Gasteiger partial charge on any atom is -0.339 e. The average Bonchev–Trinajstić information content (AvgIpc) is 2.92. The van der Waals surface area contributed by atoms with Crippen LogP contribution >= 0.6 is 23.2 Å². The molecule has 0 atom stereocenters. The molecule has 0 bridgehead atoms. The highest BCUT2D eigenvalue weighted by atomic mass is 35.5. The summed E-state index contributed by atoms with van der Waals surface area (Å²) >= 11 is 12.5. The van der Waals surface area contributed by atoms with E-state index in [1.54, 1.807) is 18.7 Å². The number of aromatic nitrogens is 2. The molecule has 0 saturated carbocycles. The van der Waals surface area contributed by atoms with Crippen molar-refractivity contribution in [2.75, 3.05) is 26.2 Å². The van der Waals surface area contributed by atoms with Crippen molar-refractivity contribution in [3.63, 3.8) is 0 Å². The molecular weight excluding hydrogens is 405 g/mol. The smallest absolute Gasteiger partial charge is 0.312 e. The molecule has 1 aliphatic rings. The Morgan fingerprint density at radius 3 is 2.32 bits per heavy atom. The summed E-state index contributed by atoms with van der Waals surface area (Å²) in [7, 11) is 0. The van der Waals surface area contributed by atoms with Gasteiger partial charge >= 0.3 is 5.69 Å². The maximum atomic E-state index is 12.6. The van der Waals surface area contributed by atoms with Gasteiger partial charge in [0.15, 0.2) is 0 Å². The molecule has 10 heteroatoms. The highest BCUT2D eigenvalue weighted by Gasteiger charge is 2.26. The zero-order valence-electron chi connectivity index (χ0n) is 15.7. The Morgan fingerprint density at radius 2 is 1.79 bits per heavy atom. The van der Waals surface area contributed by atoms with Crippen LogP contribution in [0.15, 0.2) is 18.2 Å². The molecule has 1 aromatic carbocycles. The van der Waals surface area contributed by atoms with Gasteiger partial charge < -0.3 is 4.90 Å². The van der Waals surface area contributed by atoms with Gasteiger partial charge in [0.1, 0.15) is 17.9 Å². The number of benzene rings is 1. The summed E-state index contributed by atoms with van der Waals surface area (Å²) in [5, 5.41) is 16.5. The van der Waals surface area contributed by atoms with Crippen LogP contribution < -0.4 is 0 Å². The van der Waals surface area contributed by atoms with Gasteiger partial charge in [-0.2, -0.15) is 5.10 Å². The number of amides is 1. The maximum absolute atomic E-state index is 12.6. The molecule has 1 amide bonds. The summed E-state index contributed by atoms with van der Waals surface area (Å²) < 4.78 is 1.41. The number of nitrogens with zero attached hydrogens (tertiary/aromatic N) is 5. The van der Waals surface area contributed by atoms with Gasteiger partial charge in [-0.1, -0.05) is 29.3 Å². The first-order valence-corrected chi connectivity index (χ1v) is 9.65. The lowest BCUT2D eigenvalue weighted by Crippen LogP contribution is -2.49. The minimum absolute atomic E-state index is 0.00312. The fourth-order valence-corrected chi connectivity index (χ4v) is 3.91. The van der Waals surface area contributed by atoms with E-state index in [4.69, 9.17) is 23.2 Å². The predicted octanol–water partition coefficient (Wildman–Crippen LogP) is 3.06. The number of halogens is 2. The van der Waals surface area contributed by atoms with Crippen molar-refractivity contribution >= 4 is 34.8 Å². The van der Waals surface area contributed by atoms with Crippen molar-refractivity contribution in [1.29, 1.82) is 0 Å². The molecule has 1 aromatic heterocycles. The summed E-state index contributed by atoms with van der Waals surface area (Å²) in [5.41, 5.74) is 1.56. The molecule has 2 heterocycles. The lowest BCUT2D eigenvalue weighted by atomic mass is 10.2. The number of carbonyl (C=O) groups is 1. The quantitative estimate of drug-likeness (QED) is 0.542. The Kier molecular flexibility index (Phi) is 6.22. The molecule has 0 aliphatic carbocycles. The number of piperazine rings is 1. The topological polar surface area (TPSA) is 84.5 Å². The van der Waals surface area contributed by atoms with E-state index < -0.39 is 4.92 Å². The monoisotopic (exact) mass is 425 g/mol. The molecule has 1 aliphatic heterocycles. The Morgan fingerprint density at radius 1 is 1.18 bits per heavy atom. The molecule has 0 N–H and O–H groups in total. The van der Waals surface area contributed by atoms with Gasteiger partial charge in [-0.25, -0.2) is 0 Å². The Balaban J connectivity index is 1.59. The molecular formula is C18H21Cl2N5O3. The Hall–Kier alpha value is -2.16. The molecule has 0 radical (unpaired) electrons. The number of hydrogen-bond donors (Lipinski definition) is 0. The van der Waals surface area contributed by atoms with Crippen molar-refractivity contribution in [2.24, 2.45) is 0 Å². The van der Waals surface area contributed by atoms with Crippen LogP contribution in [-0.4, -0.2) is 56.6 Å². The highest BCUT2D eigenvalue weighted by molar-refractivity contribution is 6.35. The SMILES string of the molecule is Cc1nn(CC(=O)N2CCN(Cc3c(Cl)cccc3Cl)CC2)c(C)c1[N+](=O)[O-]. The number of rotatable bonds is 5. The van der Waals surface area contributed by atoms with Crippen LogP contribution in [-0.2, 0) is 17.9 Å². The predicted molar refractivity (Wildman–Crippen MR) is 107 cm³/mol. The van der Waals surface area contributed by atoms with E-state index in [9.17, 15) is 14.9 Å². The second-order valence-electron chi connectivity index (χ2n) is 6.79. The van der Waals surface area contributed by atoms with Crippen LogP contribution in [0.2, 0.25) is 10.0 Å². The first kappa shape index (κ1) is 20.6. The third kappa shape index (κ3) is 4.29. The normalized spacial score (nSPS) is 15.1. The van der Waals surface area contributed by atoms with Gasteiger partial charge in [0.25, 0.3) is 0 Å². The molecule has 0 unspecified atom stereocenters. The number of hydrogen-bond acceptors (Lipinski definition) is 5. The molecule has 150 valence electrons. The van der Waals surface area contributed by atoms with E-state index in [2.05, 4.69) is 10.00 Å². The van der Waals surface area contributed by atoms with Crippen molar-refractivity contribution < 1.29 is 9.72 Å². The number of aryl methyl sites for hydroxylation is 1. The molecule has 2 aromatic rings. The van der Waals surface area contributed by atoms with E-state index in [1.807, 2.05) is 18.2 Å². The zero-order valence-corrected chi connectivity index (χ0v) is 17.2. The molecule has 1 saturated heterocycles. The summed E-state index contributed by atoms with van der Waals surface area (Å²) in [6.07, 6.45) is 0. The van der Waals surface area contributed by atoms with Gasteiger partial charge in [-0.15, -0.1) is 0 Å². The van der Waals surface area contributed by atoms with Crippen molar-refractivity contribution in [3.05, 3.63) is 55.3 Å². The lowest BCUT2D eigenvalue weighted by molar-refractivity contribution is -0.386. The molecule has 0 spiro atoms. The van der Waals surface area contributed by atoms with Crippen LogP contribution in [0.4, 0.5) is 5.69 Å². The van der Waals surface area contributed by atoms with Crippen LogP contribution in [0.25, 0.3) is 0 Å². The third-order valence-electron chi connectivity index (χ3n) is 4.98. The minimum atomic E-state index is -0.461. The van der Waals surface area contributed by atoms with Gasteiger partial charge in [-0.05, 0) is 26.0 Å². The first-order valence-electron chi connectivity index (χ1n) is 8.89. The standard InChI is InChI=1S/C18H21Cl2N5O3/c1-12-18(25(27)28)13(2)24(21-12)11-17(26)23-8-6-22(7-9-23)10-14-15(19)4-3-5-16(14)20/h3-5H,6-11H2,1-2H3. The highest BCUT2D eigenvalue weighted by Crippen LogP contribution is 2.26. The van der Waals surface area contributed by atoms with Gasteiger partial charge in [-0.3, -0.25) is 24.5 Å². The van der Waals surface area contributed by atoms with Crippen LogP contribution in [0.5, 0.6) is 0 Å². The van der Waals surface area contributed by atoms with E-state index >= 15 is 0 Å². The van der Waals surface area contributed by atoms with E-state index in [1.165, 1.54) is 4.68 Å². The van der Waals surface area contributed by atoms with Crippen LogP contribution in [0, 0.1) is 24.0 Å². The summed E-state index contributed by atoms with van der Waals surface area (Å²) in [6.45, 7) is 6.35. The Labute approximate surface area is 172 Å². The zero-order chi connectivity index (χ0) is 20.4. The average molecular weight is 426 g/mol. The number of carbonyl (C=O) groups excluding carboxylic acids is 1. The largest absolute Gasteiger partial charge is 0.339 e. The summed E-state index contributed by atoms with van der Waals surface area (Å²) in [5.74, 6) is -0.101. The lowest BCUT2D eigenvalue weighted by Gasteiger charge is -2.35. The summed E-state index contributed by atoms with van der Waals surface area (Å²) in [4.78, 5) is 27.2. The van der Waals surface area contributed by atoms with E-state index in [-0.39, 0.29) is 18.1 Å². The van der Waals surface area contributed by atoms with E-state index in [0.29, 0.717) is 54.2 Å². The second-order valence-corrected chi connectivity index (χ2v) is 7.61. The fourth-order valence-electron chi connectivity index (χ4n) is 3.40. The summed E-state index contributed by atoms with van der Waals surface area (Å²) in [6, 6.07) is 5.44. The molecule has 8 nitrogen and oxygen atoms in total. The van der Waals surface area contributed by atoms with Crippen molar-refractivity contribution in [3.8, 4) is 0 Å². The van der Waals surface area contributed by atoms with E-state index in [0.717, 1.165) is 5.56 Å². The fraction of sp³-hybridized carbons (Fsp3) is 0.444. The van der Waals surface area contributed by atoms with Gasteiger partial charge in [0.05, 0.1) is 4.92 Å². The molecule has 28 heavy (non-hydrogen) atoms. The second kappa shape index (κ2) is 8.46. The molecule has 3 rings (SSSR count). The number of nitro groups is 1. The Bertz CT molecular complexity index is 887. The van der Waals surface area contributed by atoms with Crippen molar-refractivity contribution in [1.82, 2.24) is 19.6 Å². The van der Waals surface area contributed by atoms with Gasteiger partial charge in [0, 0.05) is 48.3 Å².